The summed E-state index contributed by atoms with van der Waals surface area (Å²) in [6.07, 6.45) is 17.6. The number of hydrogen-bond donors (Lipinski definition) is 0. The first-order valence-electron chi connectivity index (χ1n) is 12.4. The highest BCUT2D eigenvalue weighted by molar-refractivity contribution is 7.25. The molecule has 1 unspecified atom stereocenters. The van der Waals surface area contributed by atoms with E-state index in [1.807, 2.05) is 11.8 Å². The first-order chi connectivity index (χ1) is 14.0. The Labute approximate surface area is 183 Å². The van der Waals surface area contributed by atoms with Gasteiger partial charge in [-0.1, -0.05) is 91.4 Å². The van der Waals surface area contributed by atoms with Gasteiger partial charge in [0.15, 0.2) is 0 Å². The van der Waals surface area contributed by atoms with Gasteiger partial charge in [-0.3, -0.25) is 0 Å². The van der Waals surface area contributed by atoms with Crippen molar-refractivity contribution < 1.29 is 4.79 Å². The number of rotatable bonds is 5. The van der Waals surface area contributed by atoms with Crippen LogP contribution in [0.5, 0.6) is 0 Å². The molecule has 0 bridgehead atoms. The minimum Gasteiger partial charge on any atom is -0.323 e. The third-order valence-electron chi connectivity index (χ3n) is 6.74. The molecule has 1 aliphatic rings. The summed E-state index contributed by atoms with van der Waals surface area (Å²) in [5, 5.41) is 0.965. The molecular weight excluding hydrogens is 375 g/mol. The number of amides is 2. The molecule has 0 aromatic heterocycles. The van der Waals surface area contributed by atoms with E-state index < -0.39 is 0 Å². The van der Waals surface area contributed by atoms with E-state index in [1.165, 1.54) is 70.6 Å². The van der Waals surface area contributed by atoms with Gasteiger partial charge in [0.1, 0.15) is 0 Å². The maximum atomic E-state index is 12.8. The van der Waals surface area contributed by atoms with Crippen molar-refractivity contribution in [1.29, 1.82) is 0 Å². The standard InChI is InChI=1S/C25H47N2OP/c1-5-22(6-2)23-17-13-11-9-8-10-12-15-19-27(20-16-14-18-23)25(28)26-24(7-3)21(4)29/h22-23,29H,5-20H2,1-4H3/b26-24+. The summed E-state index contributed by atoms with van der Waals surface area (Å²) >= 11 is 0. The van der Waals surface area contributed by atoms with Crippen LogP contribution in [0.15, 0.2) is 4.99 Å². The fourth-order valence-electron chi connectivity index (χ4n) is 4.79. The molecule has 0 aromatic carbocycles. The average molecular weight is 423 g/mol. The highest BCUT2D eigenvalue weighted by atomic mass is 31.0. The minimum atomic E-state index is -0.0414. The van der Waals surface area contributed by atoms with E-state index in [9.17, 15) is 4.79 Å². The quantitative estimate of drug-likeness (QED) is 0.327. The molecule has 3 nitrogen and oxygen atoms in total. The third-order valence-corrected chi connectivity index (χ3v) is 7.03. The Balaban J connectivity index is 2.76. The van der Waals surface area contributed by atoms with E-state index >= 15 is 0 Å². The third kappa shape index (κ3) is 10.8. The van der Waals surface area contributed by atoms with Gasteiger partial charge in [0.25, 0.3) is 0 Å². The number of nitrogens with zero attached hydrogens (tertiary/aromatic N) is 2. The number of aliphatic imine (C=N–C) groups is 1. The van der Waals surface area contributed by atoms with Gasteiger partial charge < -0.3 is 4.90 Å². The van der Waals surface area contributed by atoms with Gasteiger partial charge in [-0.2, -0.15) is 4.99 Å². The molecule has 0 radical (unpaired) electrons. The topological polar surface area (TPSA) is 32.7 Å². The second-order valence-corrected chi connectivity index (χ2v) is 9.65. The number of carbonyl (C=O) groups excluding carboxylic acids is 1. The zero-order valence-corrected chi connectivity index (χ0v) is 20.8. The lowest BCUT2D eigenvalue weighted by molar-refractivity contribution is 0.203. The number of urea groups is 1. The summed E-state index contributed by atoms with van der Waals surface area (Å²) in [6.45, 7) is 10.5. The van der Waals surface area contributed by atoms with Crippen LogP contribution in [0.4, 0.5) is 4.79 Å². The van der Waals surface area contributed by atoms with Gasteiger partial charge in [0, 0.05) is 13.1 Å². The molecular formula is C25H47N2OP. The van der Waals surface area contributed by atoms with E-state index in [-0.39, 0.29) is 6.03 Å². The molecule has 1 saturated heterocycles. The van der Waals surface area contributed by atoms with Crippen molar-refractivity contribution in [3.8, 4) is 0 Å². The Bertz CT molecular complexity index is 499. The fraction of sp³-hybridized carbons (Fsp3) is 0.880. The lowest BCUT2D eigenvalue weighted by Gasteiger charge is -2.26. The Morgan fingerprint density at radius 3 is 1.90 bits per heavy atom. The summed E-state index contributed by atoms with van der Waals surface area (Å²) < 4.78 is 0. The molecule has 1 heterocycles. The van der Waals surface area contributed by atoms with Crippen molar-refractivity contribution in [1.82, 2.24) is 4.90 Å². The van der Waals surface area contributed by atoms with Crippen molar-refractivity contribution in [3.05, 3.63) is 0 Å². The van der Waals surface area contributed by atoms with E-state index in [0.29, 0.717) is 0 Å². The predicted octanol–water partition coefficient (Wildman–Crippen LogP) is 7.95. The van der Waals surface area contributed by atoms with Crippen LogP contribution in [-0.2, 0) is 0 Å². The Morgan fingerprint density at radius 2 is 1.38 bits per heavy atom. The molecule has 4 heteroatoms. The van der Waals surface area contributed by atoms with Gasteiger partial charge in [-0.15, -0.1) is 8.86 Å². The number of hydrogen-bond acceptors (Lipinski definition) is 1. The van der Waals surface area contributed by atoms with E-state index in [4.69, 9.17) is 0 Å². The van der Waals surface area contributed by atoms with E-state index in [2.05, 4.69) is 34.6 Å². The zero-order valence-electron chi connectivity index (χ0n) is 19.8. The summed E-state index contributed by atoms with van der Waals surface area (Å²) in [4.78, 5) is 19.3. The summed E-state index contributed by atoms with van der Waals surface area (Å²) in [5.74, 6) is 1.74. The van der Waals surface area contributed by atoms with Gasteiger partial charge in [-0.25, -0.2) is 4.79 Å². The highest BCUT2D eigenvalue weighted by Crippen LogP contribution is 2.30. The molecule has 1 fully saturated rings. The fourth-order valence-corrected chi connectivity index (χ4v) is 5.02. The second-order valence-electron chi connectivity index (χ2n) is 8.90. The normalized spacial score (nSPS) is 21.5. The molecule has 29 heavy (non-hydrogen) atoms. The van der Waals surface area contributed by atoms with Crippen LogP contribution in [0, 0.1) is 11.8 Å². The summed E-state index contributed by atoms with van der Waals surface area (Å²) in [6, 6.07) is -0.0414. The Kier molecular flexibility index (Phi) is 14.6. The van der Waals surface area contributed by atoms with Crippen molar-refractivity contribution in [2.24, 2.45) is 16.8 Å². The second kappa shape index (κ2) is 16.1. The number of carbonyl (C=O) groups is 1. The maximum absolute atomic E-state index is 12.8. The Morgan fingerprint density at radius 1 is 0.897 bits per heavy atom. The van der Waals surface area contributed by atoms with Crippen LogP contribution in [0.2, 0.25) is 0 Å². The van der Waals surface area contributed by atoms with Crippen molar-refractivity contribution in [2.75, 3.05) is 13.1 Å². The maximum Gasteiger partial charge on any atom is 0.343 e. The lowest BCUT2D eigenvalue weighted by atomic mass is 9.81. The molecule has 0 N–H and O–H groups in total. The first-order valence-corrected chi connectivity index (χ1v) is 12.9. The van der Waals surface area contributed by atoms with Crippen LogP contribution in [-0.4, -0.2) is 35.0 Å². The van der Waals surface area contributed by atoms with E-state index in [0.717, 1.165) is 55.2 Å². The Hall–Kier alpha value is -0.690. The van der Waals surface area contributed by atoms with Crippen molar-refractivity contribution in [3.63, 3.8) is 0 Å². The molecule has 1 rings (SSSR count). The van der Waals surface area contributed by atoms with Gasteiger partial charge in [0.2, 0.25) is 0 Å². The van der Waals surface area contributed by atoms with Gasteiger partial charge in [0.05, 0.1) is 5.71 Å². The first kappa shape index (κ1) is 26.3. The van der Waals surface area contributed by atoms with Crippen LogP contribution in [0.3, 0.4) is 0 Å². The van der Waals surface area contributed by atoms with Crippen LogP contribution >= 0.6 is 8.86 Å². The monoisotopic (exact) mass is 422 g/mol. The molecule has 1 atom stereocenters. The van der Waals surface area contributed by atoms with E-state index in [1.54, 1.807) is 0 Å². The zero-order chi connectivity index (χ0) is 21.5. The summed E-state index contributed by atoms with van der Waals surface area (Å²) in [5.41, 5.74) is 0.872. The molecule has 1 aliphatic heterocycles. The largest absolute Gasteiger partial charge is 0.343 e. The molecule has 168 valence electrons. The van der Waals surface area contributed by atoms with Crippen LogP contribution < -0.4 is 0 Å². The van der Waals surface area contributed by atoms with Crippen molar-refractivity contribution in [2.45, 2.75) is 118 Å². The average Bonchev–Trinajstić information content (AvgIpc) is 2.72. The highest BCUT2D eigenvalue weighted by Gasteiger charge is 2.19. The SMILES string of the molecule is CC/C(=N\C(=O)N1CCCCCCCCCC(C(CC)CC)CCCC1)C(C)=P. The molecule has 0 saturated carbocycles. The predicted molar refractivity (Wildman–Crippen MR) is 132 cm³/mol. The van der Waals surface area contributed by atoms with Gasteiger partial charge >= 0.3 is 6.03 Å². The lowest BCUT2D eigenvalue weighted by Crippen LogP contribution is -2.32. The minimum absolute atomic E-state index is 0.0414. The molecule has 0 aliphatic carbocycles. The van der Waals surface area contributed by atoms with Gasteiger partial charge in [-0.05, 0) is 43.3 Å². The molecule has 0 spiro atoms. The summed E-state index contributed by atoms with van der Waals surface area (Å²) in [7, 11) is 3.55. The van der Waals surface area contributed by atoms with Crippen LogP contribution in [0.25, 0.3) is 0 Å². The van der Waals surface area contributed by atoms with Crippen molar-refractivity contribution >= 4 is 25.9 Å². The smallest absolute Gasteiger partial charge is 0.323 e. The molecule has 0 aromatic rings. The molecule has 2 amide bonds. The van der Waals surface area contributed by atoms with Crippen LogP contribution in [0.1, 0.15) is 118 Å².